The van der Waals surface area contributed by atoms with Crippen LogP contribution in [0.15, 0.2) is 30.4 Å². The van der Waals surface area contributed by atoms with Gasteiger partial charge < -0.3 is 10.6 Å². The fourth-order valence-corrected chi connectivity index (χ4v) is 7.33. The molecule has 2 aliphatic rings. The Balaban J connectivity index is 1.42. The van der Waals surface area contributed by atoms with Crippen molar-refractivity contribution < 1.29 is 14.4 Å². The fraction of sp³-hybridized carbons (Fsp3) is 0.613. The standard InChI is InChI=1S/C31H43ClN4O3S/c1-21(20-36-14-6-7-15-36)27(37)13-11-25(16-22-8-4-3-5-9-22)34-31(39)23(17-29(38)33-2)18-30-35-26-12-10-24(32)19-28(26)40-30/h10,12,19,22-23,25H,1,3-9,11,13-18,20H2,2H3,(H,33,38)(H,34,39)/t23-,25+/m0/s1. The molecule has 1 saturated heterocycles. The van der Waals surface area contributed by atoms with Crippen molar-refractivity contribution in [1.82, 2.24) is 20.5 Å². The molecule has 1 saturated carbocycles. The molecule has 218 valence electrons. The number of halogens is 1. The van der Waals surface area contributed by atoms with Crippen LogP contribution in [-0.4, -0.2) is 60.2 Å². The number of rotatable bonds is 14. The molecular weight excluding hydrogens is 544 g/mol. The first kappa shape index (κ1) is 30.7. The molecule has 4 rings (SSSR count). The third-order valence-corrected chi connectivity index (χ3v) is 9.59. The molecule has 1 aliphatic carbocycles. The second kappa shape index (κ2) is 15.1. The summed E-state index contributed by atoms with van der Waals surface area (Å²) >= 11 is 7.66. The van der Waals surface area contributed by atoms with E-state index in [2.05, 4.69) is 22.1 Å². The highest BCUT2D eigenvalue weighted by atomic mass is 35.5. The van der Waals surface area contributed by atoms with Crippen molar-refractivity contribution >= 4 is 50.8 Å². The van der Waals surface area contributed by atoms with Gasteiger partial charge in [0.15, 0.2) is 5.78 Å². The van der Waals surface area contributed by atoms with Crippen molar-refractivity contribution in [3.05, 3.63) is 40.4 Å². The number of nitrogens with zero attached hydrogens (tertiary/aromatic N) is 2. The minimum Gasteiger partial charge on any atom is -0.359 e. The van der Waals surface area contributed by atoms with Crippen LogP contribution in [0.2, 0.25) is 5.02 Å². The number of amides is 2. The van der Waals surface area contributed by atoms with E-state index < -0.39 is 5.92 Å². The zero-order valence-corrected chi connectivity index (χ0v) is 25.3. The number of benzene rings is 1. The molecule has 1 aliphatic heterocycles. The van der Waals surface area contributed by atoms with Crippen LogP contribution in [0.3, 0.4) is 0 Å². The van der Waals surface area contributed by atoms with E-state index in [4.69, 9.17) is 16.6 Å². The molecule has 1 aromatic heterocycles. The predicted octanol–water partition coefficient (Wildman–Crippen LogP) is 5.70. The Kier molecular flexibility index (Phi) is 11.6. The minimum atomic E-state index is -0.550. The quantitative estimate of drug-likeness (QED) is 0.277. The molecule has 2 fully saturated rings. The van der Waals surface area contributed by atoms with Gasteiger partial charge >= 0.3 is 0 Å². The van der Waals surface area contributed by atoms with Gasteiger partial charge in [0.1, 0.15) is 0 Å². The molecule has 2 heterocycles. The summed E-state index contributed by atoms with van der Waals surface area (Å²) in [4.78, 5) is 46.0. The lowest BCUT2D eigenvalue weighted by Gasteiger charge is -2.28. The monoisotopic (exact) mass is 586 g/mol. The summed E-state index contributed by atoms with van der Waals surface area (Å²) in [6.07, 6.45) is 10.7. The van der Waals surface area contributed by atoms with Gasteiger partial charge in [-0.1, -0.05) is 50.3 Å². The molecule has 2 N–H and O–H groups in total. The molecule has 0 unspecified atom stereocenters. The van der Waals surface area contributed by atoms with Gasteiger partial charge in [0.2, 0.25) is 11.8 Å². The average molecular weight is 587 g/mol. The minimum absolute atomic E-state index is 0.0841. The summed E-state index contributed by atoms with van der Waals surface area (Å²) in [5.74, 6) is -0.240. The van der Waals surface area contributed by atoms with Crippen LogP contribution in [0.25, 0.3) is 10.2 Å². The number of thiazole rings is 1. The predicted molar refractivity (Wildman–Crippen MR) is 163 cm³/mol. The van der Waals surface area contributed by atoms with Crippen molar-refractivity contribution in [2.45, 2.75) is 83.1 Å². The number of carbonyl (C=O) groups is 3. The Labute approximate surface area is 247 Å². The number of Topliss-reactive ketones (excluding diaryl/α,β-unsaturated/α-hetero) is 1. The van der Waals surface area contributed by atoms with Crippen LogP contribution in [-0.2, 0) is 20.8 Å². The summed E-state index contributed by atoms with van der Waals surface area (Å²) < 4.78 is 0.962. The molecule has 2 aromatic rings. The maximum Gasteiger partial charge on any atom is 0.224 e. The van der Waals surface area contributed by atoms with Gasteiger partial charge in [-0.25, -0.2) is 4.98 Å². The van der Waals surface area contributed by atoms with E-state index in [1.54, 1.807) is 13.1 Å². The highest BCUT2D eigenvalue weighted by molar-refractivity contribution is 7.18. The lowest BCUT2D eigenvalue weighted by atomic mass is 9.83. The number of hydrogen-bond acceptors (Lipinski definition) is 6. The van der Waals surface area contributed by atoms with Gasteiger partial charge in [0.05, 0.1) is 21.1 Å². The lowest BCUT2D eigenvalue weighted by Crippen LogP contribution is -2.42. The average Bonchev–Trinajstić information content (AvgIpc) is 3.60. The third-order valence-electron chi connectivity index (χ3n) is 8.31. The number of likely N-dealkylation sites (tertiary alicyclic amines) is 1. The van der Waals surface area contributed by atoms with Crippen molar-refractivity contribution in [3.8, 4) is 0 Å². The Morgan fingerprint density at radius 3 is 2.62 bits per heavy atom. The molecule has 40 heavy (non-hydrogen) atoms. The van der Waals surface area contributed by atoms with E-state index in [1.165, 1.54) is 43.4 Å². The highest BCUT2D eigenvalue weighted by Crippen LogP contribution is 2.30. The smallest absolute Gasteiger partial charge is 0.224 e. The van der Waals surface area contributed by atoms with Gasteiger partial charge in [0, 0.05) is 49.5 Å². The molecule has 0 radical (unpaired) electrons. The van der Waals surface area contributed by atoms with Gasteiger partial charge in [-0.15, -0.1) is 11.3 Å². The van der Waals surface area contributed by atoms with Gasteiger partial charge in [0.25, 0.3) is 0 Å². The molecule has 2 atom stereocenters. The van der Waals surface area contributed by atoms with E-state index in [-0.39, 0.29) is 30.1 Å². The fourth-order valence-electron chi connectivity index (χ4n) is 6.00. The van der Waals surface area contributed by atoms with E-state index in [0.717, 1.165) is 47.6 Å². The van der Waals surface area contributed by atoms with Crippen LogP contribution in [0.5, 0.6) is 0 Å². The van der Waals surface area contributed by atoms with Crippen molar-refractivity contribution in [2.24, 2.45) is 11.8 Å². The van der Waals surface area contributed by atoms with E-state index >= 15 is 0 Å². The SMILES string of the molecule is C=C(CN1CCCC1)C(=O)CC[C@H](CC1CCCCC1)NC(=O)[C@@H](CC(=O)NC)Cc1nc2ccc(Cl)cc2s1. The van der Waals surface area contributed by atoms with E-state index in [1.807, 2.05) is 12.1 Å². The molecule has 0 bridgehead atoms. The number of ketones is 1. The van der Waals surface area contributed by atoms with E-state index in [0.29, 0.717) is 42.3 Å². The lowest BCUT2D eigenvalue weighted by molar-refractivity contribution is -0.130. The second-order valence-electron chi connectivity index (χ2n) is 11.5. The molecule has 1 aromatic carbocycles. The molecule has 2 amide bonds. The van der Waals surface area contributed by atoms with Crippen molar-refractivity contribution in [2.75, 3.05) is 26.7 Å². The zero-order chi connectivity index (χ0) is 28.5. The molecule has 0 spiro atoms. The number of fused-ring (bicyclic) bond motifs is 1. The van der Waals surface area contributed by atoms with Gasteiger partial charge in [-0.05, 0) is 62.9 Å². The topological polar surface area (TPSA) is 91.4 Å². The van der Waals surface area contributed by atoms with Crippen molar-refractivity contribution in [3.63, 3.8) is 0 Å². The van der Waals surface area contributed by atoms with E-state index in [9.17, 15) is 14.4 Å². The summed E-state index contributed by atoms with van der Waals surface area (Å²) in [7, 11) is 1.59. The first-order valence-corrected chi connectivity index (χ1v) is 16.0. The Hall–Kier alpha value is -2.29. The zero-order valence-electron chi connectivity index (χ0n) is 23.7. The van der Waals surface area contributed by atoms with Crippen LogP contribution in [0.1, 0.15) is 75.6 Å². The summed E-state index contributed by atoms with van der Waals surface area (Å²) in [5, 5.41) is 7.38. The first-order valence-electron chi connectivity index (χ1n) is 14.8. The summed E-state index contributed by atoms with van der Waals surface area (Å²) in [6, 6.07) is 5.44. The Bertz CT molecular complexity index is 1190. The second-order valence-corrected chi connectivity index (χ2v) is 13.0. The molecule has 9 heteroatoms. The van der Waals surface area contributed by atoms with Gasteiger partial charge in [-0.2, -0.15) is 0 Å². The Morgan fingerprint density at radius 1 is 1.15 bits per heavy atom. The maximum atomic E-state index is 13.7. The van der Waals surface area contributed by atoms with Crippen LogP contribution < -0.4 is 10.6 Å². The normalized spacial score (nSPS) is 17.9. The molecule has 7 nitrogen and oxygen atoms in total. The number of carbonyl (C=O) groups excluding carboxylic acids is 3. The van der Waals surface area contributed by atoms with Crippen molar-refractivity contribution in [1.29, 1.82) is 0 Å². The van der Waals surface area contributed by atoms with Crippen LogP contribution in [0, 0.1) is 11.8 Å². The number of nitrogens with one attached hydrogen (secondary N) is 2. The largest absolute Gasteiger partial charge is 0.359 e. The van der Waals surface area contributed by atoms with Crippen LogP contribution in [0.4, 0.5) is 0 Å². The molecular formula is C31H43ClN4O3S. The summed E-state index contributed by atoms with van der Waals surface area (Å²) in [6.45, 7) is 6.77. The first-order chi connectivity index (χ1) is 19.3. The maximum absolute atomic E-state index is 13.7. The van der Waals surface area contributed by atoms with Crippen LogP contribution >= 0.6 is 22.9 Å². The number of aromatic nitrogens is 1. The number of hydrogen-bond donors (Lipinski definition) is 2. The highest BCUT2D eigenvalue weighted by Gasteiger charge is 2.28. The Morgan fingerprint density at radius 2 is 1.90 bits per heavy atom. The van der Waals surface area contributed by atoms with Gasteiger partial charge in [-0.3, -0.25) is 19.3 Å². The third kappa shape index (κ3) is 9.11. The summed E-state index contributed by atoms with van der Waals surface area (Å²) in [5.41, 5.74) is 1.50.